The zero-order valence-corrected chi connectivity index (χ0v) is 20.2. The monoisotopic (exact) mass is 478 g/mol. The summed E-state index contributed by atoms with van der Waals surface area (Å²) in [7, 11) is 0. The molecule has 0 bridgehead atoms. The van der Waals surface area contributed by atoms with E-state index in [0.29, 0.717) is 32.5 Å². The minimum absolute atomic E-state index is 0.0256. The Morgan fingerprint density at radius 2 is 1.74 bits per heavy atom. The molecule has 0 spiro atoms. The molecule has 35 heavy (non-hydrogen) atoms. The van der Waals surface area contributed by atoms with Crippen molar-refractivity contribution in [1.82, 2.24) is 10.2 Å². The maximum Gasteiger partial charge on any atom is 0.407 e. The number of likely N-dealkylation sites (tertiary alicyclic amines) is 1. The minimum atomic E-state index is -0.808. The summed E-state index contributed by atoms with van der Waals surface area (Å²) in [4.78, 5) is 37.7. The molecule has 2 atom stereocenters. The Kier molecular flexibility index (Phi) is 8.06. The minimum Gasteiger partial charge on any atom is -0.481 e. The molecule has 0 saturated carbocycles. The van der Waals surface area contributed by atoms with Gasteiger partial charge in [-0.25, -0.2) is 4.79 Å². The molecule has 2 unspecified atom stereocenters. The summed E-state index contributed by atoms with van der Waals surface area (Å²) in [5, 5.41) is 11.8. The third kappa shape index (κ3) is 6.21. The molecule has 7 heteroatoms. The number of carbonyl (C=O) groups is 3. The van der Waals surface area contributed by atoms with Gasteiger partial charge in [-0.3, -0.25) is 9.59 Å². The van der Waals surface area contributed by atoms with Crippen LogP contribution in [0.1, 0.15) is 56.1 Å². The zero-order valence-electron chi connectivity index (χ0n) is 20.2. The number of ether oxygens (including phenoxy) is 1. The number of nitrogens with zero attached hydrogens (tertiary/aromatic N) is 1. The Morgan fingerprint density at radius 3 is 2.40 bits per heavy atom. The molecule has 2 N–H and O–H groups in total. The lowest BCUT2D eigenvalue weighted by molar-refractivity contribution is -0.140. The van der Waals surface area contributed by atoms with E-state index in [4.69, 9.17) is 9.84 Å². The van der Waals surface area contributed by atoms with E-state index >= 15 is 0 Å². The average molecular weight is 479 g/mol. The van der Waals surface area contributed by atoms with E-state index in [1.54, 1.807) is 4.90 Å². The van der Waals surface area contributed by atoms with Crippen molar-refractivity contribution in [2.75, 3.05) is 26.2 Å². The Balaban J connectivity index is 1.19. The molecule has 1 fully saturated rings. The van der Waals surface area contributed by atoms with Crippen LogP contribution in [0.25, 0.3) is 11.1 Å². The van der Waals surface area contributed by atoms with Gasteiger partial charge in [0.1, 0.15) is 6.61 Å². The van der Waals surface area contributed by atoms with Gasteiger partial charge < -0.3 is 20.1 Å². The molecular weight excluding hydrogens is 444 g/mol. The van der Waals surface area contributed by atoms with Crippen LogP contribution < -0.4 is 5.32 Å². The SMILES string of the molecule is CC(CCC(=O)N1CCCC(CC(=O)O)C1)CNC(=O)OCC1c2ccccc2-c2ccccc21. The summed E-state index contributed by atoms with van der Waals surface area (Å²) >= 11 is 0. The molecule has 2 aromatic carbocycles. The van der Waals surface area contributed by atoms with Crippen LogP contribution in [0.15, 0.2) is 48.5 Å². The number of amides is 2. The summed E-state index contributed by atoms with van der Waals surface area (Å²) in [6, 6.07) is 16.5. The van der Waals surface area contributed by atoms with Gasteiger partial charge in [0.2, 0.25) is 5.91 Å². The number of carboxylic acids is 1. The largest absolute Gasteiger partial charge is 0.481 e. The van der Waals surface area contributed by atoms with Crippen LogP contribution in [0, 0.1) is 11.8 Å². The van der Waals surface area contributed by atoms with Crippen molar-refractivity contribution in [3.63, 3.8) is 0 Å². The number of hydrogen-bond donors (Lipinski definition) is 2. The lowest BCUT2D eigenvalue weighted by Crippen LogP contribution is -2.40. The van der Waals surface area contributed by atoms with E-state index in [1.807, 2.05) is 31.2 Å². The second-order valence-corrected chi connectivity index (χ2v) is 9.80. The van der Waals surface area contributed by atoms with Crippen molar-refractivity contribution in [1.29, 1.82) is 0 Å². The van der Waals surface area contributed by atoms with Crippen LogP contribution in [-0.4, -0.2) is 54.2 Å². The highest BCUT2D eigenvalue weighted by atomic mass is 16.5. The lowest BCUT2D eigenvalue weighted by Gasteiger charge is -2.32. The Bertz CT molecular complexity index is 1020. The van der Waals surface area contributed by atoms with Crippen LogP contribution in [0.5, 0.6) is 0 Å². The van der Waals surface area contributed by atoms with Gasteiger partial charge in [-0.05, 0) is 53.4 Å². The molecule has 0 radical (unpaired) electrons. The van der Waals surface area contributed by atoms with Crippen molar-refractivity contribution < 1.29 is 24.2 Å². The van der Waals surface area contributed by atoms with Crippen LogP contribution >= 0.6 is 0 Å². The second kappa shape index (κ2) is 11.4. The first-order valence-electron chi connectivity index (χ1n) is 12.5. The van der Waals surface area contributed by atoms with Gasteiger partial charge in [-0.1, -0.05) is 55.5 Å². The fourth-order valence-electron chi connectivity index (χ4n) is 5.24. The first-order chi connectivity index (χ1) is 16.9. The number of aliphatic carboxylic acids is 1. The van der Waals surface area contributed by atoms with Crippen molar-refractivity contribution >= 4 is 18.0 Å². The fourth-order valence-corrected chi connectivity index (χ4v) is 5.24. The molecule has 2 amide bonds. The molecule has 7 nitrogen and oxygen atoms in total. The van der Waals surface area contributed by atoms with Gasteiger partial charge in [0.15, 0.2) is 0 Å². The van der Waals surface area contributed by atoms with Crippen LogP contribution in [0.3, 0.4) is 0 Å². The van der Waals surface area contributed by atoms with Crippen molar-refractivity contribution in [2.24, 2.45) is 11.8 Å². The summed E-state index contributed by atoms with van der Waals surface area (Å²) in [6.07, 6.45) is 2.43. The maximum atomic E-state index is 12.6. The number of fused-ring (bicyclic) bond motifs is 3. The van der Waals surface area contributed by atoms with Crippen LogP contribution in [0.4, 0.5) is 4.79 Å². The first-order valence-corrected chi connectivity index (χ1v) is 12.5. The predicted octanol–water partition coefficient (Wildman–Crippen LogP) is 4.65. The van der Waals surface area contributed by atoms with E-state index in [2.05, 4.69) is 29.6 Å². The number of piperidine rings is 1. The number of carboxylic acid groups (broad SMARTS) is 1. The Morgan fingerprint density at radius 1 is 1.09 bits per heavy atom. The zero-order chi connectivity index (χ0) is 24.8. The Labute approximate surface area is 206 Å². The smallest absolute Gasteiger partial charge is 0.407 e. The second-order valence-electron chi connectivity index (χ2n) is 9.80. The first kappa shape index (κ1) is 24.8. The molecule has 2 aromatic rings. The number of hydrogen-bond acceptors (Lipinski definition) is 4. The summed E-state index contributed by atoms with van der Waals surface area (Å²) in [6.45, 7) is 3.93. The normalized spacial score (nSPS) is 17.9. The molecule has 1 heterocycles. The molecule has 0 aromatic heterocycles. The third-order valence-corrected chi connectivity index (χ3v) is 7.12. The highest BCUT2D eigenvalue weighted by Crippen LogP contribution is 2.44. The van der Waals surface area contributed by atoms with Gasteiger partial charge in [-0.2, -0.15) is 0 Å². The topological polar surface area (TPSA) is 95.9 Å². The number of benzene rings is 2. The molecule has 1 aliphatic heterocycles. The average Bonchev–Trinajstić information content (AvgIpc) is 3.18. The number of nitrogens with one attached hydrogen (secondary N) is 1. The fraction of sp³-hybridized carbons (Fsp3) is 0.464. The van der Waals surface area contributed by atoms with E-state index in [9.17, 15) is 14.4 Å². The molecule has 1 saturated heterocycles. The van der Waals surface area contributed by atoms with E-state index in [0.717, 1.165) is 12.8 Å². The van der Waals surface area contributed by atoms with Crippen molar-refractivity contribution in [3.8, 4) is 11.1 Å². The van der Waals surface area contributed by atoms with Gasteiger partial charge in [0.25, 0.3) is 0 Å². The van der Waals surface area contributed by atoms with Crippen LogP contribution in [-0.2, 0) is 14.3 Å². The van der Waals surface area contributed by atoms with E-state index in [-0.39, 0.29) is 36.7 Å². The number of carbonyl (C=O) groups excluding carboxylic acids is 2. The van der Waals surface area contributed by atoms with Gasteiger partial charge in [0, 0.05) is 38.4 Å². The summed E-state index contributed by atoms with van der Waals surface area (Å²) < 4.78 is 5.58. The Hall–Kier alpha value is -3.35. The highest BCUT2D eigenvalue weighted by molar-refractivity contribution is 5.79. The molecule has 4 rings (SSSR count). The standard InChI is InChI=1S/C28H34N2O5/c1-19(12-13-26(31)30-14-6-7-20(17-30)15-27(32)33)16-29-28(34)35-18-25-23-10-4-2-8-21(23)22-9-3-5-11-24(22)25/h2-5,8-11,19-20,25H,6-7,12-18H2,1H3,(H,29,34)(H,32,33). The predicted molar refractivity (Wildman–Crippen MR) is 133 cm³/mol. The van der Waals surface area contributed by atoms with Gasteiger partial charge >= 0.3 is 12.1 Å². The van der Waals surface area contributed by atoms with Crippen molar-refractivity contribution in [3.05, 3.63) is 59.7 Å². The molecule has 186 valence electrons. The molecular formula is C28H34N2O5. The quantitative estimate of drug-likeness (QED) is 0.547. The maximum absolute atomic E-state index is 12.6. The number of alkyl carbamates (subject to hydrolysis) is 1. The lowest BCUT2D eigenvalue weighted by atomic mass is 9.94. The van der Waals surface area contributed by atoms with Gasteiger partial charge in [-0.15, -0.1) is 0 Å². The molecule has 1 aliphatic carbocycles. The summed E-state index contributed by atoms with van der Waals surface area (Å²) in [5.74, 6) is -0.556. The van der Waals surface area contributed by atoms with E-state index in [1.165, 1.54) is 22.3 Å². The van der Waals surface area contributed by atoms with Crippen LogP contribution in [0.2, 0.25) is 0 Å². The third-order valence-electron chi connectivity index (χ3n) is 7.12. The summed E-state index contributed by atoms with van der Waals surface area (Å²) in [5.41, 5.74) is 4.74. The van der Waals surface area contributed by atoms with Crippen molar-refractivity contribution in [2.45, 2.75) is 44.9 Å². The highest BCUT2D eigenvalue weighted by Gasteiger charge is 2.29. The molecule has 2 aliphatic rings. The van der Waals surface area contributed by atoms with Gasteiger partial charge in [0.05, 0.1) is 0 Å². The van der Waals surface area contributed by atoms with E-state index < -0.39 is 12.1 Å². The number of rotatable bonds is 9.